The zero-order valence-corrected chi connectivity index (χ0v) is 11.4. The van der Waals surface area contributed by atoms with Crippen LogP contribution in [0.15, 0.2) is 41.8 Å². The van der Waals surface area contributed by atoms with E-state index in [1.165, 1.54) is 11.3 Å². The zero-order chi connectivity index (χ0) is 13.5. The van der Waals surface area contributed by atoms with Gasteiger partial charge in [0.2, 0.25) is 0 Å². The van der Waals surface area contributed by atoms with Crippen LogP contribution in [0.3, 0.4) is 0 Å². The van der Waals surface area contributed by atoms with Gasteiger partial charge in [-0.05, 0) is 23.6 Å². The molecular weight excluding hydrogens is 262 g/mol. The van der Waals surface area contributed by atoms with Crippen LogP contribution in [-0.4, -0.2) is 26.2 Å². The topological polar surface area (TPSA) is 47.6 Å². The largest absolute Gasteiger partial charge is 0.489 e. The number of carbonyl (C=O) groups is 1. The third-order valence-corrected chi connectivity index (χ3v) is 3.29. The molecule has 1 aromatic heterocycles. The Morgan fingerprint density at radius 3 is 2.79 bits per heavy atom. The fourth-order valence-corrected chi connectivity index (χ4v) is 2.14. The van der Waals surface area contributed by atoms with Crippen LogP contribution in [0, 0.1) is 0 Å². The molecule has 0 aliphatic heterocycles. The Balaban J connectivity index is 2.05. The van der Waals surface area contributed by atoms with Gasteiger partial charge >= 0.3 is 0 Å². The van der Waals surface area contributed by atoms with Crippen LogP contribution in [0.25, 0.3) is 0 Å². The van der Waals surface area contributed by atoms with E-state index in [0.717, 1.165) is 0 Å². The van der Waals surface area contributed by atoms with Crippen molar-refractivity contribution < 1.29 is 14.3 Å². The van der Waals surface area contributed by atoms with E-state index in [2.05, 4.69) is 5.32 Å². The first kappa shape index (κ1) is 13.6. The van der Waals surface area contributed by atoms with Crippen molar-refractivity contribution in [2.45, 2.75) is 0 Å². The summed E-state index contributed by atoms with van der Waals surface area (Å²) in [6.45, 7) is 0.954. The summed E-state index contributed by atoms with van der Waals surface area (Å²) in [6, 6.07) is 11.0. The second-order valence-electron chi connectivity index (χ2n) is 3.77. The number of ether oxygens (including phenoxy) is 2. The molecular formula is C14H15NO3S. The minimum Gasteiger partial charge on any atom is -0.489 e. The third kappa shape index (κ3) is 3.81. The highest BCUT2D eigenvalue weighted by molar-refractivity contribution is 7.12. The number of hydrogen-bond acceptors (Lipinski definition) is 4. The van der Waals surface area contributed by atoms with Crippen molar-refractivity contribution in [2.75, 3.05) is 25.6 Å². The van der Waals surface area contributed by atoms with Crippen LogP contribution < -0.4 is 10.1 Å². The first-order valence-corrected chi connectivity index (χ1v) is 6.75. The quantitative estimate of drug-likeness (QED) is 0.826. The molecule has 0 saturated heterocycles. The Kier molecular flexibility index (Phi) is 4.94. The van der Waals surface area contributed by atoms with Gasteiger partial charge in [0, 0.05) is 7.11 Å². The Hall–Kier alpha value is -1.85. The second-order valence-corrected chi connectivity index (χ2v) is 4.72. The second kappa shape index (κ2) is 6.92. The molecule has 0 atom stereocenters. The van der Waals surface area contributed by atoms with Gasteiger partial charge in [-0.15, -0.1) is 11.3 Å². The number of para-hydroxylation sites is 2. The monoisotopic (exact) mass is 277 g/mol. The first-order valence-electron chi connectivity index (χ1n) is 5.87. The average Bonchev–Trinajstić information content (AvgIpc) is 2.95. The van der Waals surface area contributed by atoms with Gasteiger partial charge in [0.25, 0.3) is 5.91 Å². The molecule has 2 aromatic rings. The number of amides is 1. The maximum atomic E-state index is 12.0. The summed E-state index contributed by atoms with van der Waals surface area (Å²) in [5.74, 6) is 0.516. The minimum atomic E-state index is -0.127. The van der Waals surface area contributed by atoms with E-state index < -0.39 is 0 Å². The van der Waals surface area contributed by atoms with Gasteiger partial charge in [0.1, 0.15) is 12.4 Å². The predicted octanol–water partition coefficient (Wildman–Crippen LogP) is 3.03. The number of hydrogen-bond donors (Lipinski definition) is 1. The van der Waals surface area contributed by atoms with Crippen molar-refractivity contribution in [3.63, 3.8) is 0 Å². The molecule has 5 heteroatoms. The van der Waals surface area contributed by atoms with Gasteiger partial charge in [-0.1, -0.05) is 18.2 Å². The normalized spacial score (nSPS) is 10.2. The van der Waals surface area contributed by atoms with E-state index in [-0.39, 0.29) is 5.91 Å². The molecule has 0 spiro atoms. The summed E-state index contributed by atoms with van der Waals surface area (Å²) >= 11 is 1.40. The summed E-state index contributed by atoms with van der Waals surface area (Å²) in [5, 5.41) is 4.72. The fourth-order valence-electron chi connectivity index (χ4n) is 1.52. The Labute approximate surface area is 116 Å². The molecule has 1 aromatic carbocycles. The number of thiophene rings is 1. The summed E-state index contributed by atoms with van der Waals surface area (Å²) in [6.07, 6.45) is 0. The molecule has 0 fully saturated rings. The number of nitrogens with one attached hydrogen (secondary N) is 1. The third-order valence-electron chi connectivity index (χ3n) is 2.43. The van der Waals surface area contributed by atoms with Crippen molar-refractivity contribution in [3.8, 4) is 5.75 Å². The van der Waals surface area contributed by atoms with Crippen LogP contribution in [0.5, 0.6) is 5.75 Å². The Bertz CT molecular complexity index is 525. The molecule has 0 unspecified atom stereocenters. The molecule has 0 aliphatic carbocycles. The molecule has 1 heterocycles. The summed E-state index contributed by atoms with van der Waals surface area (Å²) in [4.78, 5) is 12.6. The van der Waals surface area contributed by atoms with Crippen LogP contribution in [0.2, 0.25) is 0 Å². The summed E-state index contributed by atoms with van der Waals surface area (Å²) < 4.78 is 10.5. The molecule has 0 aliphatic rings. The first-order chi connectivity index (χ1) is 9.31. The Morgan fingerprint density at radius 1 is 1.21 bits per heavy atom. The lowest BCUT2D eigenvalue weighted by Gasteiger charge is -2.11. The van der Waals surface area contributed by atoms with E-state index in [4.69, 9.17) is 9.47 Å². The van der Waals surface area contributed by atoms with E-state index in [1.807, 2.05) is 35.7 Å². The maximum absolute atomic E-state index is 12.0. The summed E-state index contributed by atoms with van der Waals surface area (Å²) in [7, 11) is 1.62. The van der Waals surface area contributed by atoms with Crippen molar-refractivity contribution >= 4 is 22.9 Å². The molecule has 2 rings (SSSR count). The smallest absolute Gasteiger partial charge is 0.265 e. The SMILES string of the molecule is COCCOc1ccccc1NC(=O)c1cccs1. The van der Waals surface area contributed by atoms with Gasteiger partial charge in [-0.25, -0.2) is 0 Å². The molecule has 1 amide bonds. The van der Waals surface area contributed by atoms with Gasteiger partial charge in [0.05, 0.1) is 17.2 Å². The fraction of sp³-hybridized carbons (Fsp3) is 0.214. The van der Waals surface area contributed by atoms with Crippen molar-refractivity contribution in [1.29, 1.82) is 0 Å². The van der Waals surface area contributed by atoms with E-state index in [0.29, 0.717) is 29.5 Å². The predicted molar refractivity (Wildman–Crippen MR) is 76.1 cm³/mol. The van der Waals surface area contributed by atoms with Gasteiger partial charge in [0.15, 0.2) is 0 Å². The zero-order valence-electron chi connectivity index (χ0n) is 10.6. The average molecular weight is 277 g/mol. The lowest BCUT2D eigenvalue weighted by Crippen LogP contribution is -2.12. The maximum Gasteiger partial charge on any atom is 0.265 e. The standard InChI is InChI=1S/C14H15NO3S/c1-17-8-9-18-12-6-3-2-5-11(12)15-14(16)13-7-4-10-19-13/h2-7,10H,8-9H2,1H3,(H,15,16). The molecule has 4 nitrogen and oxygen atoms in total. The number of carbonyl (C=O) groups excluding carboxylic acids is 1. The van der Waals surface area contributed by atoms with Crippen LogP contribution >= 0.6 is 11.3 Å². The lowest BCUT2D eigenvalue weighted by molar-refractivity contribution is 0.102. The van der Waals surface area contributed by atoms with Gasteiger partial charge < -0.3 is 14.8 Å². The molecule has 0 bridgehead atoms. The van der Waals surface area contributed by atoms with E-state index in [9.17, 15) is 4.79 Å². The number of anilines is 1. The van der Waals surface area contributed by atoms with Crippen LogP contribution in [0.4, 0.5) is 5.69 Å². The highest BCUT2D eigenvalue weighted by Crippen LogP contribution is 2.24. The number of benzene rings is 1. The minimum absolute atomic E-state index is 0.127. The summed E-state index contributed by atoms with van der Waals surface area (Å²) in [5.41, 5.74) is 0.664. The van der Waals surface area contributed by atoms with Gasteiger partial charge in [-0.3, -0.25) is 4.79 Å². The molecule has 100 valence electrons. The van der Waals surface area contributed by atoms with E-state index in [1.54, 1.807) is 13.2 Å². The Morgan fingerprint density at radius 2 is 2.05 bits per heavy atom. The highest BCUT2D eigenvalue weighted by Gasteiger charge is 2.10. The van der Waals surface area contributed by atoms with Crippen molar-refractivity contribution in [1.82, 2.24) is 0 Å². The number of rotatable bonds is 6. The lowest BCUT2D eigenvalue weighted by atomic mass is 10.3. The van der Waals surface area contributed by atoms with Crippen LogP contribution in [0.1, 0.15) is 9.67 Å². The molecule has 0 radical (unpaired) electrons. The van der Waals surface area contributed by atoms with E-state index >= 15 is 0 Å². The highest BCUT2D eigenvalue weighted by atomic mass is 32.1. The van der Waals surface area contributed by atoms with Crippen LogP contribution in [-0.2, 0) is 4.74 Å². The van der Waals surface area contributed by atoms with Crippen molar-refractivity contribution in [2.24, 2.45) is 0 Å². The molecule has 0 saturated carbocycles. The van der Waals surface area contributed by atoms with Crippen molar-refractivity contribution in [3.05, 3.63) is 46.7 Å². The number of methoxy groups -OCH3 is 1. The molecule has 19 heavy (non-hydrogen) atoms. The molecule has 1 N–H and O–H groups in total. The van der Waals surface area contributed by atoms with Gasteiger partial charge in [-0.2, -0.15) is 0 Å².